The summed E-state index contributed by atoms with van der Waals surface area (Å²) in [5.41, 5.74) is 1.41. The minimum atomic E-state index is -0.459. The van der Waals surface area contributed by atoms with E-state index in [0.29, 0.717) is 18.1 Å². The zero-order valence-corrected chi connectivity index (χ0v) is 17.2. The molecule has 3 aromatic rings. The maximum Gasteiger partial charge on any atom is 0.141 e. The van der Waals surface area contributed by atoms with Gasteiger partial charge in [0.2, 0.25) is 0 Å². The Bertz CT molecular complexity index is 938. The van der Waals surface area contributed by atoms with Crippen molar-refractivity contribution in [3.63, 3.8) is 0 Å². The van der Waals surface area contributed by atoms with Crippen molar-refractivity contribution >= 4 is 56.6 Å². The fraction of sp³-hybridized carbons (Fsp3) is 0.222. The molecule has 0 saturated carbocycles. The van der Waals surface area contributed by atoms with Crippen molar-refractivity contribution in [2.45, 2.75) is 0 Å². The predicted molar refractivity (Wildman–Crippen MR) is 111 cm³/mol. The van der Waals surface area contributed by atoms with Crippen LogP contribution in [-0.4, -0.2) is 42.1 Å². The van der Waals surface area contributed by atoms with Gasteiger partial charge in [-0.2, -0.15) is 0 Å². The molecule has 5 nitrogen and oxygen atoms in total. The van der Waals surface area contributed by atoms with E-state index < -0.39 is 5.82 Å². The van der Waals surface area contributed by atoms with Gasteiger partial charge in [0, 0.05) is 23.7 Å². The lowest BCUT2D eigenvalue weighted by atomic mass is 10.2. The van der Waals surface area contributed by atoms with Crippen molar-refractivity contribution < 1.29 is 9.13 Å². The van der Waals surface area contributed by atoms with E-state index >= 15 is 0 Å². The molecule has 0 saturated heterocycles. The van der Waals surface area contributed by atoms with Crippen LogP contribution in [0.3, 0.4) is 0 Å². The third-order valence-electron chi connectivity index (χ3n) is 3.67. The number of hydrogen-bond donors (Lipinski definition) is 1. The van der Waals surface area contributed by atoms with Crippen LogP contribution in [0.2, 0.25) is 5.02 Å². The number of nitrogens with zero attached hydrogens (tertiary/aromatic N) is 3. The van der Waals surface area contributed by atoms with Crippen LogP contribution >= 0.6 is 34.2 Å². The quantitative estimate of drug-likeness (QED) is 0.512. The highest BCUT2D eigenvalue weighted by molar-refractivity contribution is 14.1. The molecular formula is C18H17ClFIN4O. The molecule has 0 aliphatic heterocycles. The molecule has 0 radical (unpaired) electrons. The maximum absolute atomic E-state index is 13.3. The lowest BCUT2D eigenvalue weighted by Crippen LogP contribution is -2.19. The van der Waals surface area contributed by atoms with E-state index in [9.17, 15) is 4.39 Å². The first-order valence-corrected chi connectivity index (χ1v) is 9.33. The highest BCUT2D eigenvalue weighted by atomic mass is 127. The van der Waals surface area contributed by atoms with Crippen LogP contribution in [-0.2, 0) is 0 Å². The average molecular weight is 487 g/mol. The van der Waals surface area contributed by atoms with Crippen molar-refractivity contribution in [2.24, 2.45) is 0 Å². The molecule has 2 aromatic carbocycles. The van der Waals surface area contributed by atoms with Crippen molar-refractivity contribution in [2.75, 3.05) is 32.6 Å². The maximum atomic E-state index is 13.3. The van der Waals surface area contributed by atoms with Crippen LogP contribution in [0.15, 0.2) is 36.7 Å². The topological polar surface area (TPSA) is 50.3 Å². The number of ether oxygens (including phenoxy) is 1. The fourth-order valence-electron chi connectivity index (χ4n) is 2.32. The van der Waals surface area contributed by atoms with Crippen LogP contribution < -0.4 is 10.1 Å². The molecular weight excluding hydrogens is 470 g/mol. The normalized spacial score (nSPS) is 11.2. The first kappa shape index (κ1) is 19.1. The van der Waals surface area contributed by atoms with Gasteiger partial charge in [-0.3, -0.25) is 0 Å². The van der Waals surface area contributed by atoms with Crippen molar-refractivity contribution in [3.8, 4) is 5.75 Å². The van der Waals surface area contributed by atoms with Crippen LogP contribution in [0.5, 0.6) is 5.75 Å². The Morgan fingerprint density at radius 1 is 1.23 bits per heavy atom. The Hall–Kier alpha value is -1.71. The summed E-state index contributed by atoms with van der Waals surface area (Å²) >= 11 is 8.08. The highest BCUT2D eigenvalue weighted by Gasteiger charge is 2.11. The van der Waals surface area contributed by atoms with E-state index in [4.69, 9.17) is 16.3 Å². The molecule has 1 heterocycles. The zero-order chi connectivity index (χ0) is 18.7. The van der Waals surface area contributed by atoms with Gasteiger partial charge in [-0.05, 0) is 61.0 Å². The molecule has 136 valence electrons. The molecule has 0 aliphatic carbocycles. The summed E-state index contributed by atoms with van der Waals surface area (Å²) in [6.07, 6.45) is 1.48. The Morgan fingerprint density at radius 2 is 2.04 bits per heavy atom. The van der Waals surface area contributed by atoms with Crippen LogP contribution in [0, 0.1) is 9.39 Å². The van der Waals surface area contributed by atoms with Gasteiger partial charge in [-0.1, -0.05) is 11.6 Å². The van der Waals surface area contributed by atoms with Crippen LogP contribution in [0.25, 0.3) is 10.9 Å². The number of fused-ring (bicyclic) bond motifs is 1. The van der Waals surface area contributed by atoms with Gasteiger partial charge >= 0.3 is 0 Å². The largest absolute Gasteiger partial charge is 0.491 e. The number of anilines is 2. The van der Waals surface area contributed by atoms with E-state index in [1.165, 1.54) is 18.5 Å². The van der Waals surface area contributed by atoms with E-state index in [0.717, 1.165) is 26.8 Å². The number of nitrogens with one attached hydrogen (secondary N) is 1. The van der Waals surface area contributed by atoms with Crippen molar-refractivity contribution in [1.29, 1.82) is 0 Å². The third kappa shape index (κ3) is 4.52. The Morgan fingerprint density at radius 3 is 2.77 bits per heavy atom. The van der Waals surface area contributed by atoms with Crippen molar-refractivity contribution in [1.82, 2.24) is 14.9 Å². The van der Waals surface area contributed by atoms with Gasteiger partial charge < -0.3 is 15.0 Å². The molecule has 0 unspecified atom stereocenters. The molecule has 0 amide bonds. The van der Waals surface area contributed by atoms with Gasteiger partial charge in [0.1, 0.15) is 30.3 Å². The summed E-state index contributed by atoms with van der Waals surface area (Å²) in [4.78, 5) is 10.7. The fourth-order valence-corrected chi connectivity index (χ4v) is 3.12. The lowest BCUT2D eigenvalue weighted by Gasteiger charge is -2.14. The summed E-state index contributed by atoms with van der Waals surface area (Å²) in [5, 5.41) is 4.07. The smallest absolute Gasteiger partial charge is 0.141 e. The second-order valence-electron chi connectivity index (χ2n) is 5.93. The number of benzene rings is 2. The van der Waals surface area contributed by atoms with Crippen LogP contribution in [0.4, 0.5) is 15.9 Å². The van der Waals surface area contributed by atoms with E-state index in [2.05, 4.69) is 42.8 Å². The summed E-state index contributed by atoms with van der Waals surface area (Å²) in [5.74, 6) is 0.948. The van der Waals surface area contributed by atoms with E-state index in [1.807, 2.05) is 26.2 Å². The minimum Gasteiger partial charge on any atom is -0.491 e. The Labute approximate surface area is 169 Å². The molecule has 0 bridgehead atoms. The number of likely N-dealkylation sites (N-methyl/N-ethyl adjacent to an activating group) is 1. The van der Waals surface area contributed by atoms with Gasteiger partial charge in [-0.15, -0.1) is 0 Å². The van der Waals surface area contributed by atoms with Crippen molar-refractivity contribution in [3.05, 3.63) is 51.1 Å². The van der Waals surface area contributed by atoms with Gasteiger partial charge in [-0.25, -0.2) is 14.4 Å². The second kappa shape index (κ2) is 8.32. The summed E-state index contributed by atoms with van der Waals surface area (Å²) < 4.78 is 20.2. The molecule has 0 aliphatic rings. The SMILES string of the molecule is CN(C)CCOc1cc2ncnc(Nc3ccc(F)c(Cl)c3)c2cc1I. The number of halogens is 3. The molecule has 0 atom stereocenters. The molecule has 1 aromatic heterocycles. The zero-order valence-electron chi connectivity index (χ0n) is 14.3. The first-order valence-electron chi connectivity index (χ1n) is 7.88. The van der Waals surface area contributed by atoms with Gasteiger partial charge in [0.15, 0.2) is 0 Å². The second-order valence-corrected chi connectivity index (χ2v) is 7.50. The minimum absolute atomic E-state index is 0.0551. The van der Waals surface area contributed by atoms with Gasteiger partial charge in [0.25, 0.3) is 0 Å². The van der Waals surface area contributed by atoms with Crippen LogP contribution in [0.1, 0.15) is 0 Å². The summed E-state index contributed by atoms with van der Waals surface area (Å²) in [6.45, 7) is 1.43. The number of aromatic nitrogens is 2. The third-order valence-corrected chi connectivity index (χ3v) is 4.80. The predicted octanol–water partition coefficient (Wildman–Crippen LogP) is 4.71. The Balaban J connectivity index is 1.89. The first-order chi connectivity index (χ1) is 12.4. The highest BCUT2D eigenvalue weighted by Crippen LogP contribution is 2.31. The molecule has 0 fully saturated rings. The monoisotopic (exact) mass is 486 g/mol. The summed E-state index contributed by atoms with van der Waals surface area (Å²) in [7, 11) is 4.00. The van der Waals surface area contributed by atoms with Gasteiger partial charge in [0.05, 0.1) is 14.1 Å². The molecule has 3 rings (SSSR count). The molecule has 1 N–H and O–H groups in total. The van der Waals surface area contributed by atoms with E-state index in [1.54, 1.807) is 6.07 Å². The van der Waals surface area contributed by atoms with E-state index in [-0.39, 0.29) is 5.02 Å². The number of hydrogen-bond acceptors (Lipinski definition) is 5. The lowest BCUT2D eigenvalue weighted by molar-refractivity contribution is 0.260. The molecule has 0 spiro atoms. The molecule has 26 heavy (non-hydrogen) atoms. The summed E-state index contributed by atoms with van der Waals surface area (Å²) in [6, 6.07) is 8.31. The molecule has 8 heteroatoms. The Kier molecular flexibility index (Phi) is 6.10. The standard InChI is InChI=1S/C18H17ClFIN4O/c1-25(2)5-6-26-17-9-16-12(8-15(17)21)18(23-10-22-16)24-11-3-4-14(20)13(19)7-11/h3-4,7-10H,5-6H2,1-2H3,(H,22,23,24). The average Bonchev–Trinajstić information content (AvgIpc) is 2.59. The number of rotatable bonds is 6.